The van der Waals surface area contributed by atoms with Gasteiger partial charge >= 0.3 is 0 Å². The maximum atomic E-state index is 13.9. The van der Waals surface area contributed by atoms with Gasteiger partial charge in [0.2, 0.25) is 5.91 Å². The van der Waals surface area contributed by atoms with Crippen LogP contribution in [0, 0.1) is 29.9 Å². The monoisotopic (exact) mass is 503 g/mol. The first kappa shape index (κ1) is 24.3. The Hall–Kier alpha value is -4.44. The molecule has 2 heterocycles. The molecule has 37 heavy (non-hydrogen) atoms. The fraction of sp³-hybridized carbons (Fsp3) is 0.259. The van der Waals surface area contributed by atoms with E-state index in [-0.39, 0.29) is 22.7 Å². The highest BCUT2D eigenvalue weighted by Crippen LogP contribution is 2.51. The quantitative estimate of drug-likeness (QED) is 0.278. The number of nitro groups is 1. The van der Waals surface area contributed by atoms with E-state index in [0.717, 1.165) is 16.0 Å². The normalized spacial score (nSPS) is 20.8. The number of amides is 2. The van der Waals surface area contributed by atoms with Crippen LogP contribution in [0.1, 0.15) is 22.7 Å². The van der Waals surface area contributed by atoms with Crippen LogP contribution in [0.25, 0.3) is 0 Å². The molecule has 0 radical (unpaired) electrons. The van der Waals surface area contributed by atoms with Gasteiger partial charge < -0.3 is 9.47 Å². The lowest BCUT2D eigenvalue weighted by molar-refractivity contribution is -0.385. The van der Waals surface area contributed by atoms with Gasteiger partial charge in [-0.2, -0.15) is 0 Å². The number of hydrogen-bond donors (Lipinski definition) is 0. The van der Waals surface area contributed by atoms with Crippen LogP contribution in [0.5, 0.6) is 11.5 Å². The highest BCUT2D eigenvalue weighted by Gasteiger charge is 2.61. The number of hydroxylamine groups is 1. The minimum atomic E-state index is -1.16. The highest BCUT2D eigenvalue weighted by atomic mass is 16.7. The molecular formula is C27H25N3O7. The molecule has 10 heteroatoms. The largest absolute Gasteiger partial charge is 0.493 e. The number of methoxy groups -OCH3 is 2. The van der Waals surface area contributed by atoms with Crippen LogP contribution in [0.3, 0.4) is 0 Å². The third kappa shape index (κ3) is 3.86. The summed E-state index contributed by atoms with van der Waals surface area (Å²) in [5.41, 5.74) is 2.65. The van der Waals surface area contributed by atoms with Crippen LogP contribution in [-0.4, -0.2) is 37.1 Å². The number of para-hydroxylation sites is 1. The van der Waals surface area contributed by atoms with Crippen LogP contribution in [0.4, 0.5) is 17.1 Å². The number of hydrogen-bond acceptors (Lipinski definition) is 8. The van der Waals surface area contributed by atoms with Crippen molar-refractivity contribution in [2.75, 3.05) is 24.2 Å². The highest BCUT2D eigenvalue weighted by molar-refractivity contribution is 6.24. The van der Waals surface area contributed by atoms with E-state index in [1.807, 2.05) is 32.0 Å². The van der Waals surface area contributed by atoms with Gasteiger partial charge in [0.05, 0.1) is 42.1 Å². The maximum absolute atomic E-state index is 13.9. The Bertz CT molecular complexity index is 1410. The molecule has 190 valence electrons. The summed E-state index contributed by atoms with van der Waals surface area (Å²) in [4.78, 5) is 46.4. The van der Waals surface area contributed by atoms with E-state index >= 15 is 0 Å². The molecule has 0 N–H and O–H groups in total. The maximum Gasteiger partial charge on any atom is 0.278 e. The van der Waals surface area contributed by atoms with Crippen LogP contribution in [-0.2, 0) is 14.4 Å². The summed E-state index contributed by atoms with van der Waals surface area (Å²) in [6.07, 6.45) is -1.16. The molecule has 10 nitrogen and oxygen atoms in total. The summed E-state index contributed by atoms with van der Waals surface area (Å²) in [7, 11) is 2.80. The zero-order valence-corrected chi connectivity index (χ0v) is 20.7. The third-order valence-corrected chi connectivity index (χ3v) is 6.77. The van der Waals surface area contributed by atoms with Gasteiger partial charge in [0, 0.05) is 0 Å². The van der Waals surface area contributed by atoms with E-state index in [9.17, 15) is 19.7 Å². The Balaban J connectivity index is 1.69. The van der Waals surface area contributed by atoms with E-state index in [0.29, 0.717) is 11.4 Å². The van der Waals surface area contributed by atoms with Crippen molar-refractivity contribution in [1.82, 2.24) is 0 Å². The molecule has 2 fully saturated rings. The SMILES string of the molecule is COc1cc([C@@H]2[C@H]3C(=O)N(c4ccc(C)cc4C)C(=O)[C@@H]3ON2c2ccccc2)c([N+](=O)[O-])cc1OC. The molecule has 2 saturated heterocycles. The fourth-order valence-corrected chi connectivity index (χ4v) is 5.10. The Labute approximate surface area is 213 Å². The van der Waals surface area contributed by atoms with Crippen molar-refractivity contribution in [2.45, 2.75) is 26.0 Å². The van der Waals surface area contributed by atoms with Crippen molar-refractivity contribution < 1.29 is 28.8 Å². The topological polar surface area (TPSA) is 111 Å². The van der Waals surface area contributed by atoms with Gasteiger partial charge in [-0.25, -0.2) is 9.96 Å². The molecule has 2 aliphatic rings. The van der Waals surface area contributed by atoms with Crippen LogP contribution in [0.2, 0.25) is 0 Å². The van der Waals surface area contributed by atoms with Crippen LogP contribution >= 0.6 is 0 Å². The lowest BCUT2D eigenvalue weighted by Crippen LogP contribution is -2.38. The van der Waals surface area contributed by atoms with Gasteiger partial charge in [-0.15, -0.1) is 0 Å². The van der Waals surface area contributed by atoms with E-state index in [1.54, 1.807) is 30.3 Å². The van der Waals surface area contributed by atoms with E-state index in [4.69, 9.17) is 14.3 Å². The summed E-state index contributed by atoms with van der Waals surface area (Å²) in [5, 5.41) is 13.6. The number of carbonyl (C=O) groups excluding carboxylic acids is 2. The molecule has 3 aromatic carbocycles. The van der Waals surface area contributed by atoms with Gasteiger partial charge in [-0.05, 0) is 43.7 Å². The number of anilines is 2. The standard InChI is InChI=1S/C27H25N3O7/c1-15-10-11-19(16(2)12-15)28-26(31)23-24(18-13-21(35-3)22(36-4)14-20(18)30(33)34)29(37-25(23)27(28)32)17-8-6-5-7-9-17/h5-14,23-25H,1-4H3/t23-,24-,25-/m1/s1. The van der Waals surface area contributed by atoms with Gasteiger partial charge in [0.15, 0.2) is 17.6 Å². The first-order valence-corrected chi connectivity index (χ1v) is 11.6. The van der Waals surface area contributed by atoms with Crippen molar-refractivity contribution in [3.8, 4) is 11.5 Å². The number of nitrogens with zero attached hydrogens (tertiary/aromatic N) is 3. The predicted molar refractivity (Wildman–Crippen MR) is 135 cm³/mol. The zero-order valence-electron chi connectivity index (χ0n) is 20.7. The number of carbonyl (C=O) groups is 2. The summed E-state index contributed by atoms with van der Waals surface area (Å²) in [5.74, 6) is -1.62. The second kappa shape index (κ2) is 9.21. The van der Waals surface area contributed by atoms with Crippen molar-refractivity contribution >= 4 is 28.9 Å². The molecule has 0 bridgehead atoms. The number of nitro benzene ring substituents is 1. The molecule has 0 unspecified atom stereocenters. The zero-order chi connectivity index (χ0) is 26.4. The molecular weight excluding hydrogens is 478 g/mol. The minimum Gasteiger partial charge on any atom is -0.493 e. The fourth-order valence-electron chi connectivity index (χ4n) is 5.10. The van der Waals surface area contributed by atoms with Crippen LogP contribution in [0.15, 0.2) is 60.7 Å². The van der Waals surface area contributed by atoms with Crippen molar-refractivity contribution in [1.29, 1.82) is 0 Å². The first-order valence-electron chi connectivity index (χ1n) is 11.6. The smallest absolute Gasteiger partial charge is 0.278 e. The van der Waals surface area contributed by atoms with Gasteiger partial charge in [-0.3, -0.25) is 24.5 Å². The second-order valence-corrected chi connectivity index (χ2v) is 8.98. The first-order chi connectivity index (χ1) is 17.8. The molecule has 0 aromatic heterocycles. The molecule has 3 aromatic rings. The molecule has 5 rings (SSSR count). The molecule has 3 atom stereocenters. The van der Waals surface area contributed by atoms with Crippen molar-refractivity contribution in [3.63, 3.8) is 0 Å². The van der Waals surface area contributed by atoms with Gasteiger partial charge in [0.1, 0.15) is 12.0 Å². The number of rotatable bonds is 6. The minimum absolute atomic E-state index is 0.169. The lowest BCUT2D eigenvalue weighted by Gasteiger charge is -2.29. The number of ether oxygens (including phenoxy) is 2. The molecule has 2 aliphatic heterocycles. The third-order valence-electron chi connectivity index (χ3n) is 6.77. The number of imide groups is 1. The second-order valence-electron chi connectivity index (χ2n) is 8.98. The number of aryl methyl sites for hydroxylation is 2. The van der Waals surface area contributed by atoms with E-state index in [1.165, 1.54) is 31.4 Å². The Kier molecular flexibility index (Phi) is 6.04. The van der Waals surface area contributed by atoms with E-state index < -0.39 is 34.8 Å². The van der Waals surface area contributed by atoms with Gasteiger partial charge in [-0.1, -0.05) is 35.9 Å². The van der Waals surface area contributed by atoms with Crippen molar-refractivity contribution in [3.05, 3.63) is 87.5 Å². The summed E-state index contributed by atoms with van der Waals surface area (Å²) in [6, 6.07) is 16.0. The molecule has 2 amide bonds. The number of benzene rings is 3. The van der Waals surface area contributed by atoms with Gasteiger partial charge in [0.25, 0.3) is 11.6 Å². The average Bonchev–Trinajstić information content (AvgIpc) is 3.39. The lowest BCUT2D eigenvalue weighted by atomic mass is 9.89. The molecule has 0 saturated carbocycles. The van der Waals surface area contributed by atoms with E-state index in [2.05, 4.69) is 0 Å². The predicted octanol–water partition coefficient (Wildman–Crippen LogP) is 4.28. The molecule has 0 aliphatic carbocycles. The average molecular weight is 504 g/mol. The Morgan fingerprint density at radius 3 is 2.22 bits per heavy atom. The van der Waals surface area contributed by atoms with Crippen molar-refractivity contribution in [2.24, 2.45) is 5.92 Å². The Morgan fingerprint density at radius 1 is 0.919 bits per heavy atom. The van der Waals surface area contributed by atoms with Crippen LogP contribution < -0.4 is 19.4 Å². The summed E-state index contributed by atoms with van der Waals surface area (Å²) >= 11 is 0. The summed E-state index contributed by atoms with van der Waals surface area (Å²) in [6.45, 7) is 3.75. The number of fused-ring (bicyclic) bond motifs is 1. The Morgan fingerprint density at radius 2 is 1.59 bits per heavy atom. The molecule has 0 spiro atoms. The summed E-state index contributed by atoms with van der Waals surface area (Å²) < 4.78 is 10.7.